The van der Waals surface area contributed by atoms with Crippen LogP contribution < -0.4 is 20.5 Å². The van der Waals surface area contributed by atoms with Crippen molar-refractivity contribution in [2.45, 2.75) is 20.3 Å². The summed E-state index contributed by atoms with van der Waals surface area (Å²) in [5, 5.41) is 3.07. The molecule has 0 fully saturated rings. The van der Waals surface area contributed by atoms with E-state index < -0.39 is 0 Å². The number of rotatable bonds is 6. The summed E-state index contributed by atoms with van der Waals surface area (Å²) in [4.78, 5) is 4.39. The number of benzene rings is 2. The minimum atomic E-state index is 0.353. The fourth-order valence-corrected chi connectivity index (χ4v) is 2.61. The van der Waals surface area contributed by atoms with Crippen molar-refractivity contribution in [3.8, 4) is 11.5 Å². The molecule has 2 rings (SSSR count). The Balaban J connectivity index is 2.01. The zero-order valence-electron chi connectivity index (χ0n) is 14.7. The highest BCUT2D eigenvalue weighted by Gasteiger charge is 2.06. The average Bonchev–Trinajstić information content (AvgIpc) is 2.53. The summed E-state index contributed by atoms with van der Waals surface area (Å²) in [6.45, 7) is 4.82. The quantitative estimate of drug-likeness (QED) is 0.631. The van der Waals surface area contributed by atoms with Gasteiger partial charge in [-0.25, -0.2) is 0 Å². The molecular weight excluding hydrogens is 302 g/mol. The van der Waals surface area contributed by atoms with Gasteiger partial charge in [-0.1, -0.05) is 29.3 Å². The van der Waals surface area contributed by atoms with Crippen molar-refractivity contribution in [3.63, 3.8) is 0 Å². The van der Waals surface area contributed by atoms with E-state index in [-0.39, 0.29) is 0 Å². The van der Waals surface area contributed by atoms with Gasteiger partial charge in [-0.2, -0.15) is 0 Å². The maximum absolute atomic E-state index is 5.99. The lowest BCUT2D eigenvalue weighted by atomic mass is 10.1. The molecule has 0 spiro atoms. The van der Waals surface area contributed by atoms with Crippen LogP contribution in [0.15, 0.2) is 41.4 Å². The monoisotopic (exact) mass is 327 g/mol. The number of aryl methyl sites for hydroxylation is 2. The van der Waals surface area contributed by atoms with Crippen LogP contribution in [0, 0.1) is 13.8 Å². The number of nitrogens with zero attached hydrogens (tertiary/aromatic N) is 1. The summed E-state index contributed by atoms with van der Waals surface area (Å²) in [6, 6.07) is 12.0. The zero-order chi connectivity index (χ0) is 17.5. The molecule has 2 aromatic rings. The number of hydrogen-bond donors (Lipinski definition) is 2. The highest BCUT2D eigenvalue weighted by molar-refractivity contribution is 5.94. The van der Waals surface area contributed by atoms with Crippen molar-refractivity contribution < 1.29 is 9.47 Å². The SMILES string of the molecule is COc1ccc(OC)c(NC(N)=NCCc2cc(C)cc(C)c2)c1. The number of hydrogen-bond acceptors (Lipinski definition) is 3. The van der Waals surface area contributed by atoms with E-state index in [1.807, 2.05) is 18.2 Å². The third kappa shape index (κ3) is 4.91. The van der Waals surface area contributed by atoms with Gasteiger partial charge in [-0.15, -0.1) is 0 Å². The summed E-state index contributed by atoms with van der Waals surface area (Å²) in [6.07, 6.45) is 0.847. The van der Waals surface area contributed by atoms with Crippen LogP contribution in [0.2, 0.25) is 0 Å². The Morgan fingerprint density at radius 2 is 1.75 bits per heavy atom. The Morgan fingerprint density at radius 3 is 2.38 bits per heavy atom. The number of ether oxygens (including phenoxy) is 2. The molecule has 3 N–H and O–H groups in total. The smallest absolute Gasteiger partial charge is 0.193 e. The number of guanidine groups is 1. The van der Waals surface area contributed by atoms with Crippen LogP contribution in [0.4, 0.5) is 5.69 Å². The van der Waals surface area contributed by atoms with E-state index in [1.165, 1.54) is 16.7 Å². The average molecular weight is 327 g/mol. The molecule has 24 heavy (non-hydrogen) atoms. The number of aliphatic imine (C=N–C) groups is 1. The van der Waals surface area contributed by atoms with Crippen LogP contribution in [-0.4, -0.2) is 26.7 Å². The van der Waals surface area contributed by atoms with Gasteiger partial charge in [0, 0.05) is 12.6 Å². The van der Waals surface area contributed by atoms with Crippen molar-refractivity contribution in [1.29, 1.82) is 0 Å². The van der Waals surface area contributed by atoms with Gasteiger partial charge in [-0.05, 0) is 38.0 Å². The van der Waals surface area contributed by atoms with Crippen LogP contribution in [0.3, 0.4) is 0 Å². The summed E-state index contributed by atoms with van der Waals surface area (Å²) < 4.78 is 10.5. The van der Waals surface area contributed by atoms with Crippen LogP contribution in [0.1, 0.15) is 16.7 Å². The molecule has 0 atom stereocenters. The Labute approximate surface area is 143 Å². The van der Waals surface area contributed by atoms with Gasteiger partial charge in [0.15, 0.2) is 5.96 Å². The van der Waals surface area contributed by atoms with E-state index in [4.69, 9.17) is 15.2 Å². The first kappa shape index (κ1) is 17.7. The lowest BCUT2D eigenvalue weighted by Gasteiger charge is -2.12. The maximum atomic E-state index is 5.99. The first-order valence-corrected chi connectivity index (χ1v) is 7.88. The van der Waals surface area contributed by atoms with E-state index in [2.05, 4.69) is 42.4 Å². The minimum absolute atomic E-state index is 0.353. The molecule has 0 aromatic heterocycles. The molecule has 0 aliphatic carbocycles. The second kappa shape index (κ2) is 8.24. The second-order valence-electron chi connectivity index (χ2n) is 5.70. The first-order chi connectivity index (χ1) is 11.5. The van der Waals surface area contributed by atoms with Crippen molar-refractivity contribution in [2.24, 2.45) is 10.7 Å². The molecule has 5 nitrogen and oxygen atoms in total. The Hall–Kier alpha value is -2.69. The lowest BCUT2D eigenvalue weighted by Crippen LogP contribution is -2.23. The molecule has 0 aliphatic heterocycles. The van der Waals surface area contributed by atoms with Crippen molar-refractivity contribution >= 4 is 11.6 Å². The highest BCUT2D eigenvalue weighted by atomic mass is 16.5. The van der Waals surface area contributed by atoms with Gasteiger partial charge in [0.2, 0.25) is 0 Å². The summed E-state index contributed by atoms with van der Waals surface area (Å²) in [7, 11) is 3.23. The van der Waals surface area contributed by atoms with E-state index >= 15 is 0 Å². The molecule has 0 amide bonds. The second-order valence-corrected chi connectivity index (χ2v) is 5.70. The molecule has 0 saturated carbocycles. The third-order valence-corrected chi connectivity index (χ3v) is 3.63. The van der Waals surface area contributed by atoms with Gasteiger partial charge >= 0.3 is 0 Å². The van der Waals surface area contributed by atoms with E-state index in [9.17, 15) is 0 Å². The predicted octanol–water partition coefficient (Wildman–Crippen LogP) is 3.29. The molecular formula is C19H25N3O2. The lowest BCUT2D eigenvalue weighted by molar-refractivity contribution is 0.405. The van der Waals surface area contributed by atoms with Crippen LogP contribution in [0.25, 0.3) is 0 Å². The van der Waals surface area contributed by atoms with Gasteiger partial charge in [0.25, 0.3) is 0 Å². The summed E-state index contributed by atoms with van der Waals surface area (Å²) in [5.41, 5.74) is 10.5. The van der Waals surface area contributed by atoms with E-state index in [0.29, 0.717) is 18.3 Å². The molecule has 128 valence electrons. The third-order valence-electron chi connectivity index (χ3n) is 3.63. The van der Waals surface area contributed by atoms with Gasteiger partial charge in [0.1, 0.15) is 11.5 Å². The van der Waals surface area contributed by atoms with Gasteiger partial charge in [-0.3, -0.25) is 4.99 Å². The summed E-state index contributed by atoms with van der Waals surface area (Å²) >= 11 is 0. The molecule has 0 saturated heterocycles. The van der Waals surface area contributed by atoms with E-state index in [0.717, 1.165) is 17.9 Å². The fourth-order valence-electron chi connectivity index (χ4n) is 2.61. The van der Waals surface area contributed by atoms with Gasteiger partial charge in [0.05, 0.1) is 19.9 Å². The Bertz CT molecular complexity index is 706. The zero-order valence-corrected chi connectivity index (χ0v) is 14.7. The number of anilines is 1. The standard InChI is InChI=1S/C19H25N3O2/c1-13-9-14(2)11-15(10-13)7-8-21-19(20)22-17-12-16(23-3)5-6-18(17)24-4/h5-6,9-12H,7-8H2,1-4H3,(H3,20,21,22). The molecule has 5 heteroatoms. The molecule has 0 bridgehead atoms. The molecule has 0 radical (unpaired) electrons. The Morgan fingerprint density at radius 1 is 1.04 bits per heavy atom. The van der Waals surface area contributed by atoms with Crippen molar-refractivity contribution in [3.05, 3.63) is 53.1 Å². The largest absolute Gasteiger partial charge is 0.497 e. The number of nitrogens with two attached hydrogens (primary N) is 1. The molecule has 0 heterocycles. The fraction of sp³-hybridized carbons (Fsp3) is 0.316. The van der Waals surface area contributed by atoms with Gasteiger partial charge < -0.3 is 20.5 Å². The topological polar surface area (TPSA) is 68.9 Å². The highest BCUT2D eigenvalue weighted by Crippen LogP contribution is 2.28. The maximum Gasteiger partial charge on any atom is 0.193 e. The minimum Gasteiger partial charge on any atom is -0.497 e. The molecule has 0 unspecified atom stereocenters. The van der Waals surface area contributed by atoms with Crippen LogP contribution >= 0.6 is 0 Å². The number of methoxy groups -OCH3 is 2. The van der Waals surface area contributed by atoms with Crippen molar-refractivity contribution in [1.82, 2.24) is 0 Å². The van der Waals surface area contributed by atoms with Crippen LogP contribution in [-0.2, 0) is 6.42 Å². The Kier molecular flexibility index (Phi) is 6.07. The van der Waals surface area contributed by atoms with Crippen LogP contribution in [0.5, 0.6) is 11.5 Å². The molecule has 2 aromatic carbocycles. The van der Waals surface area contributed by atoms with Crippen molar-refractivity contribution in [2.75, 3.05) is 26.1 Å². The first-order valence-electron chi connectivity index (χ1n) is 7.88. The van der Waals surface area contributed by atoms with E-state index in [1.54, 1.807) is 14.2 Å². The normalized spacial score (nSPS) is 11.2. The molecule has 0 aliphatic rings. The predicted molar refractivity (Wildman–Crippen MR) is 99.3 cm³/mol. The summed E-state index contributed by atoms with van der Waals surface area (Å²) in [5.74, 6) is 1.76. The number of nitrogens with one attached hydrogen (secondary N) is 1.